The lowest BCUT2D eigenvalue weighted by atomic mass is 9.33. The standard InChI is InChI=1S/C62H53BN2S/c1-61(2,3)44-30-35-54-51(38-44)63-52-39-45(62(4,5)6)31-36-55(52)65(53-34-29-43(40-17-9-7-10-18-40)37-50(53)41-19-11-8-12-20-41)57-25-16-24-56(59(57)63)64(54)46-32-27-42(28-33-46)47-22-15-23-49-48-21-13-14-26-58(48)66-60(47)49/h7-14,16-22,24-39H,15,23H2,1-6H3. The number of hydrogen-bond donors (Lipinski definition) is 0. The molecule has 1 aromatic heterocycles. The number of thiophene rings is 1. The van der Waals surface area contributed by atoms with Crippen molar-refractivity contribution in [3.8, 4) is 22.3 Å². The van der Waals surface area contributed by atoms with Gasteiger partial charge < -0.3 is 9.80 Å². The molecule has 0 fully saturated rings. The van der Waals surface area contributed by atoms with Crippen molar-refractivity contribution in [2.75, 3.05) is 9.80 Å². The molecule has 2 aliphatic heterocycles. The third-order valence-corrected chi connectivity index (χ3v) is 15.5. The monoisotopic (exact) mass is 868 g/mol. The SMILES string of the molecule is CC(C)(C)c1ccc2c(c1)B1c3cc(C(C)(C)C)ccc3N(c3ccc(-c4ccccc4)cc3-c3ccccc3)c3cccc(c31)N2c1ccc(C2=CCCc3c2sc2ccccc32)cc1. The third kappa shape index (κ3) is 6.60. The van der Waals surface area contributed by atoms with E-state index < -0.39 is 0 Å². The normalized spacial score (nSPS) is 14.1. The fourth-order valence-corrected chi connectivity index (χ4v) is 12.2. The van der Waals surface area contributed by atoms with Gasteiger partial charge in [0.2, 0.25) is 0 Å². The lowest BCUT2D eigenvalue weighted by Crippen LogP contribution is -2.61. The van der Waals surface area contributed by atoms with Crippen LogP contribution in [0, 0.1) is 0 Å². The van der Waals surface area contributed by atoms with Crippen molar-refractivity contribution in [1.82, 2.24) is 0 Å². The topological polar surface area (TPSA) is 6.48 Å². The van der Waals surface area contributed by atoms with E-state index in [1.54, 1.807) is 0 Å². The Morgan fingerprint density at radius 1 is 0.470 bits per heavy atom. The van der Waals surface area contributed by atoms with Gasteiger partial charge in [0.05, 0.1) is 5.69 Å². The Bertz CT molecular complexity index is 3380. The van der Waals surface area contributed by atoms with Crippen LogP contribution in [0.15, 0.2) is 188 Å². The number of rotatable bonds is 5. The molecule has 4 heteroatoms. The molecule has 12 rings (SSSR count). The van der Waals surface area contributed by atoms with E-state index in [9.17, 15) is 0 Å². The number of aryl methyl sites for hydroxylation is 1. The van der Waals surface area contributed by atoms with Gasteiger partial charge in [0.25, 0.3) is 6.71 Å². The third-order valence-electron chi connectivity index (χ3n) is 14.3. The van der Waals surface area contributed by atoms with E-state index in [2.05, 4.69) is 239 Å². The van der Waals surface area contributed by atoms with Crippen LogP contribution in [0.2, 0.25) is 0 Å². The lowest BCUT2D eigenvalue weighted by Gasteiger charge is -2.45. The van der Waals surface area contributed by atoms with Gasteiger partial charge in [-0.1, -0.05) is 175 Å². The van der Waals surface area contributed by atoms with Crippen molar-refractivity contribution in [1.29, 1.82) is 0 Å². The molecule has 66 heavy (non-hydrogen) atoms. The average Bonchev–Trinajstić information content (AvgIpc) is 3.73. The predicted molar refractivity (Wildman–Crippen MR) is 286 cm³/mol. The van der Waals surface area contributed by atoms with Gasteiger partial charge in [-0.3, -0.25) is 0 Å². The minimum Gasteiger partial charge on any atom is -0.311 e. The van der Waals surface area contributed by atoms with Crippen LogP contribution in [0.25, 0.3) is 37.9 Å². The zero-order valence-electron chi connectivity index (χ0n) is 38.7. The molecule has 0 atom stereocenters. The van der Waals surface area contributed by atoms with Crippen LogP contribution >= 0.6 is 11.3 Å². The van der Waals surface area contributed by atoms with Crippen LogP contribution in [0.4, 0.5) is 34.1 Å². The zero-order chi connectivity index (χ0) is 44.9. The van der Waals surface area contributed by atoms with Crippen molar-refractivity contribution in [3.63, 3.8) is 0 Å². The summed E-state index contributed by atoms with van der Waals surface area (Å²) >= 11 is 1.94. The van der Waals surface area contributed by atoms with E-state index in [-0.39, 0.29) is 17.5 Å². The van der Waals surface area contributed by atoms with Crippen molar-refractivity contribution >= 4 is 84.2 Å². The summed E-state index contributed by atoms with van der Waals surface area (Å²) in [6, 6.07) is 68.8. The molecule has 1 aliphatic carbocycles. The molecule has 0 bridgehead atoms. The van der Waals surface area contributed by atoms with Crippen molar-refractivity contribution < 1.29 is 0 Å². The Balaban J connectivity index is 1.08. The molecule has 0 saturated carbocycles. The molecule has 2 nitrogen and oxygen atoms in total. The smallest absolute Gasteiger partial charge is 0.252 e. The number of anilines is 6. The van der Waals surface area contributed by atoms with Gasteiger partial charge in [0, 0.05) is 43.6 Å². The second-order valence-electron chi connectivity index (χ2n) is 20.4. The Morgan fingerprint density at radius 3 is 1.71 bits per heavy atom. The van der Waals surface area contributed by atoms with Gasteiger partial charge in [-0.15, -0.1) is 11.3 Å². The second kappa shape index (κ2) is 15.4. The summed E-state index contributed by atoms with van der Waals surface area (Å²) in [5.74, 6) is 0. The van der Waals surface area contributed by atoms with Crippen molar-refractivity contribution in [3.05, 3.63) is 215 Å². The molecule has 0 radical (unpaired) electrons. The number of fused-ring (bicyclic) bond motifs is 7. The molecular weight excluding hydrogens is 816 g/mol. The highest BCUT2D eigenvalue weighted by Gasteiger charge is 2.44. The Hall–Kier alpha value is -6.88. The van der Waals surface area contributed by atoms with Crippen LogP contribution < -0.4 is 26.2 Å². The molecule has 0 amide bonds. The maximum absolute atomic E-state index is 2.58. The highest BCUT2D eigenvalue weighted by atomic mass is 32.1. The molecule has 320 valence electrons. The van der Waals surface area contributed by atoms with Gasteiger partial charge in [0.15, 0.2) is 0 Å². The summed E-state index contributed by atoms with van der Waals surface area (Å²) in [5, 5.41) is 1.41. The van der Waals surface area contributed by atoms with Gasteiger partial charge in [0.1, 0.15) is 0 Å². The summed E-state index contributed by atoms with van der Waals surface area (Å²) in [6.45, 7) is 14.1. The maximum Gasteiger partial charge on any atom is 0.252 e. The molecule has 3 heterocycles. The molecule has 3 aliphatic rings. The largest absolute Gasteiger partial charge is 0.311 e. The van der Waals surface area contributed by atoms with Crippen molar-refractivity contribution in [2.24, 2.45) is 0 Å². The first-order valence-corrected chi connectivity index (χ1v) is 24.4. The van der Waals surface area contributed by atoms with Crippen LogP contribution in [-0.4, -0.2) is 6.71 Å². The molecular formula is C62H53BN2S. The second-order valence-corrected chi connectivity index (χ2v) is 21.5. The van der Waals surface area contributed by atoms with Crippen molar-refractivity contribution in [2.45, 2.75) is 65.2 Å². The molecule has 0 N–H and O–H groups in total. The molecule has 0 unspecified atom stereocenters. The van der Waals surface area contributed by atoms with Crippen LogP contribution in [-0.2, 0) is 17.3 Å². The van der Waals surface area contributed by atoms with Gasteiger partial charge in [-0.05, 0) is 145 Å². The van der Waals surface area contributed by atoms with Crippen LogP contribution in [0.5, 0.6) is 0 Å². The van der Waals surface area contributed by atoms with Crippen LogP contribution in [0.3, 0.4) is 0 Å². The van der Waals surface area contributed by atoms with Crippen LogP contribution in [0.1, 0.15) is 75.1 Å². The summed E-state index contributed by atoms with van der Waals surface area (Å²) in [6.07, 6.45) is 4.63. The fourth-order valence-electron chi connectivity index (χ4n) is 10.9. The van der Waals surface area contributed by atoms with E-state index in [1.807, 2.05) is 11.3 Å². The number of nitrogens with zero attached hydrogens (tertiary/aromatic N) is 2. The summed E-state index contributed by atoms with van der Waals surface area (Å²) in [5.41, 5.74) is 22.9. The lowest BCUT2D eigenvalue weighted by molar-refractivity contribution is 0.590. The Kier molecular flexibility index (Phi) is 9.45. The van der Waals surface area contributed by atoms with E-state index in [0.717, 1.165) is 12.8 Å². The van der Waals surface area contributed by atoms with E-state index in [4.69, 9.17) is 0 Å². The van der Waals surface area contributed by atoms with Gasteiger partial charge in [-0.2, -0.15) is 0 Å². The first-order chi connectivity index (χ1) is 32.0. The molecule has 0 spiro atoms. The first kappa shape index (κ1) is 40.6. The minimum absolute atomic E-state index is 0.0255. The highest BCUT2D eigenvalue weighted by molar-refractivity contribution is 7.20. The first-order valence-electron chi connectivity index (χ1n) is 23.6. The zero-order valence-corrected chi connectivity index (χ0v) is 39.5. The molecule has 9 aromatic rings. The quantitative estimate of drug-likeness (QED) is 0.159. The highest BCUT2D eigenvalue weighted by Crippen LogP contribution is 2.49. The summed E-state index contributed by atoms with van der Waals surface area (Å²) in [4.78, 5) is 6.55. The Labute approximate surface area is 394 Å². The number of hydrogen-bond acceptors (Lipinski definition) is 3. The minimum atomic E-state index is -0.0326. The van der Waals surface area contributed by atoms with E-state index >= 15 is 0 Å². The molecule has 8 aromatic carbocycles. The summed E-state index contributed by atoms with van der Waals surface area (Å²) in [7, 11) is 0. The van der Waals surface area contributed by atoms with Gasteiger partial charge >= 0.3 is 0 Å². The van der Waals surface area contributed by atoms with E-state index in [1.165, 1.54) is 116 Å². The number of allylic oxidation sites excluding steroid dienone is 1. The summed E-state index contributed by atoms with van der Waals surface area (Å²) < 4.78 is 1.38. The predicted octanol–water partition coefficient (Wildman–Crippen LogP) is 15.3. The average molecular weight is 869 g/mol. The maximum atomic E-state index is 2.58. The Morgan fingerprint density at radius 2 is 1.05 bits per heavy atom. The fraction of sp³-hybridized carbons (Fsp3) is 0.161. The number of benzene rings is 8. The van der Waals surface area contributed by atoms with E-state index in [0.29, 0.717) is 0 Å². The van der Waals surface area contributed by atoms with Gasteiger partial charge in [-0.25, -0.2) is 0 Å². The molecule has 0 saturated heterocycles.